The van der Waals surface area contributed by atoms with E-state index >= 15 is 0 Å². The molecule has 0 radical (unpaired) electrons. The number of carbonyl (C=O) groups excluding carboxylic acids is 1. The van der Waals surface area contributed by atoms with E-state index in [-0.39, 0.29) is 68.4 Å². The smallest absolute Gasteiger partial charge is 0.408 e. The SMILES string of the molecule is COc1ccc(CN(c2nn(C)c3c(-n4c([C@H](Cc5cc(F)cc(F)c5)NC(=O)OC(C)(C)C)nc5cccc(OC)c5c4=O)ccc(Cl)c23)S(C)(=O)=O)cc1. The van der Waals surface area contributed by atoms with E-state index in [1.165, 1.54) is 35.6 Å². The van der Waals surface area contributed by atoms with Crippen LogP contribution in [0.4, 0.5) is 19.4 Å². The third-order valence-corrected chi connectivity index (χ3v) is 10.1. The van der Waals surface area contributed by atoms with Crippen LogP contribution < -0.4 is 24.7 Å². The van der Waals surface area contributed by atoms with Crippen molar-refractivity contribution in [2.24, 2.45) is 7.05 Å². The fourth-order valence-corrected chi connectivity index (χ4v) is 7.48. The lowest BCUT2D eigenvalue weighted by Crippen LogP contribution is -2.39. The van der Waals surface area contributed by atoms with Crippen molar-refractivity contribution in [3.8, 4) is 17.2 Å². The molecule has 6 aromatic rings. The number of nitrogens with zero attached hydrogens (tertiary/aromatic N) is 5. The van der Waals surface area contributed by atoms with Crippen molar-refractivity contribution in [1.82, 2.24) is 24.6 Å². The number of aryl methyl sites for hydroxylation is 1. The predicted molar refractivity (Wildman–Crippen MR) is 209 cm³/mol. The molecular weight excluding hydrogens is 770 g/mol. The van der Waals surface area contributed by atoms with Gasteiger partial charge < -0.3 is 19.5 Å². The standard InChI is InChI=1S/C39H39ClF2N6O7S/c1-39(2,3)55-38(50)44-29(19-23-17-24(41)20-25(42)18-23)35-43-28-9-8-10-31(54-6)33(28)37(49)48(35)30-16-15-27(40)32-34(30)46(4)45-36(32)47(56(7,51)52)21-22-11-13-26(53-5)14-12-22/h8-18,20,29H,19,21H2,1-7H3,(H,44,50)/t29-/m0/s1. The number of hydrogen-bond donors (Lipinski definition) is 1. The zero-order valence-electron chi connectivity index (χ0n) is 31.6. The van der Waals surface area contributed by atoms with Gasteiger partial charge in [0.1, 0.15) is 39.9 Å². The van der Waals surface area contributed by atoms with Gasteiger partial charge in [0.05, 0.1) is 60.2 Å². The van der Waals surface area contributed by atoms with Crippen molar-refractivity contribution < 1.29 is 36.2 Å². The second kappa shape index (κ2) is 15.4. The van der Waals surface area contributed by atoms with Crippen LogP contribution in [0.1, 0.15) is 43.8 Å². The largest absolute Gasteiger partial charge is 0.497 e. The second-order valence-electron chi connectivity index (χ2n) is 14.0. The Kier molecular flexibility index (Phi) is 11.0. The van der Waals surface area contributed by atoms with Gasteiger partial charge in [0.15, 0.2) is 5.82 Å². The number of ether oxygens (including phenoxy) is 3. The van der Waals surface area contributed by atoms with E-state index in [4.69, 9.17) is 30.8 Å². The van der Waals surface area contributed by atoms with Crippen LogP contribution in [-0.4, -0.2) is 59.9 Å². The number of aromatic nitrogens is 4. The van der Waals surface area contributed by atoms with Crippen molar-refractivity contribution in [1.29, 1.82) is 0 Å². The first-order valence-corrected chi connectivity index (χ1v) is 19.4. The number of anilines is 1. The summed E-state index contributed by atoms with van der Waals surface area (Å²) in [5, 5.41) is 7.77. The molecule has 6 rings (SSSR count). The summed E-state index contributed by atoms with van der Waals surface area (Å²) in [5.41, 5.74) is -0.255. The first-order chi connectivity index (χ1) is 26.4. The van der Waals surface area contributed by atoms with Gasteiger partial charge in [0, 0.05) is 19.5 Å². The second-order valence-corrected chi connectivity index (χ2v) is 16.3. The average molecular weight is 809 g/mol. The van der Waals surface area contributed by atoms with E-state index in [1.54, 1.807) is 70.3 Å². The van der Waals surface area contributed by atoms with Crippen LogP contribution in [0.2, 0.25) is 5.02 Å². The predicted octanol–water partition coefficient (Wildman–Crippen LogP) is 7.00. The third kappa shape index (κ3) is 8.26. The lowest BCUT2D eigenvalue weighted by molar-refractivity contribution is 0.0500. The topological polar surface area (TPSA) is 147 Å². The lowest BCUT2D eigenvalue weighted by Gasteiger charge is -2.26. The molecule has 17 heteroatoms. The Labute approximate surface area is 326 Å². The summed E-state index contributed by atoms with van der Waals surface area (Å²) >= 11 is 6.86. The van der Waals surface area contributed by atoms with E-state index in [1.807, 2.05) is 0 Å². The zero-order chi connectivity index (χ0) is 40.7. The Morgan fingerprint density at radius 3 is 2.25 bits per heavy atom. The molecule has 0 aliphatic carbocycles. The van der Waals surface area contributed by atoms with Gasteiger partial charge in [0.25, 0.3) is 5.56 Å². The summed E-state index contributed by atoms with van der Waals surface area (Å²) < 4.78 is 76.1. The van der Waals surface area contributed by atoms with Crippen molar-refractivity contribution in [3.05, 3.63) is 117 Å². The monoisotopic (exact) mass is 808 g/mol. The van der Waals surface area contributed by atoms with E-state index in [0.717, 1.165) is 28.8 Å². The van der Waals surface area contributed by atoms with Gasteiger partial charge in [-0.2, -0.15) is 5.10 Å². The fourth-order valence-electron chi connectivity index (χ4n) is 6.41. The summed E-state index contributed by atoms with van der Waals surface area (Å²) in [5.74, 6) is -1.00. The Morgan fingerprint density at radius 1 is 0.964 bits per heavy atom. The molecule has 0 fully saturated rings. The molecule has 2 aromatic heterocycles. The fraction of sp³-hybridized carbons (Fsp3) is 0.282. The first kappa shape index (κ1) is 39.9. The molecule has 1 amide bonds. The van der Waals surface area contributed by atoms with Gasteiger partial charge in [-0.25, -0.2) is 31.3 Å². The summed E-state index contributed by atoms with van der Waals surface area (Å²) in [6.45, 7) is 4.87. The minimum Gasteiger partial charge on any atom is -0.497 e. The van der Waals surface area contributed by atoms with Gasteiger partial charge in [-0.3, -0.25) is 14.0 Å². The summed E-state index contributed by atoms with van der Waals surface area (Å²) in [4.78, 5) is 33.2. The highest BCUT2D eigenvalue weighted by atomic mass is 35.5. The third-order valence-electron chi connectivity index (χ3n) is 8.73. The highest BCUT2D eigenvalue weighted by Crippen LogP contribution is 2.38. The zero-order valence-corrected chi connectivity index (χ0v) is 33.1. The van der Waals surface area contributed by atoms with Gasteiger partial charge in [-0.05, 0) is 80.4 Å². The quantitative estimate of drug-likeness (QED) is 0.146. The lowest BCUT2D eigenvalue weighted by atomic mass is 10.0. The highest BCUT2D eigenvalue weighted by molar-refractivity contribution is 7.92. The average Bonchev–Trinajstić information content (AvgIpc) is 3.46. The van der Waals surface area contributed by atoms with Crippen LogP contribution in [-0.2, 0) is 34.8 Å². The van der Waals surface area contributed by atoms with Crippen molar-refractivity contribution in [3.63, 3.8) is 0 Å². The molecule has 56 heavy (non-hydrogen) atoms. The van der Waals surface area contributed by atoms with E-state index in [0.29, 0.717) is 11.3 Å². The minimum absolute atomic E-state index is 0.0211. The number of sulfonamides is 1. The molecule has 0 spiro atoms. The normalized spacial score (nSPS) is 12.5. The maximum Gasteiger partial charge on any atom is 0.408 e. The number of alkyl carbamates (subject to hydrolysis) is 1. The molecule has 0 saturated carbocycles. The van der Waals surface area contributed by atoms with Crippen LogP contribution >= 0.6 is 11.6 Å². The molecule has 13 nitrogen and oxygen atoms in total. The number of rotatable bonds is 11. The van der Waals surface area contributed by atoms with Gasteiger partial charge in [-0.15, -0.1) is 0 Å². The van der Waals surface area contributed by atoms with E-state index in [9.17, 15) is 26.8 Å². The first-order valence-electron chi connectivity index (χ1n) is 17.2. The Hall–Kier alpha value is -5.74. The Bertz CT molecular complexity index is 2620. The number of halogens is 3. The minimum atomic E-state index is -3.99. The number of nitrogens with one attached hydrogen (secondary N) is 1. The molecule has 1 atom stereocenters. The molecule has 1 N–H and O–H groups in total. The molecule has 2 heterocycles. The molecule has 0 saturated heterocycles. The van der Waals surface area contributed by atoms with Crippen LogP contribution in [0, 0.1) is 11.6 Å². The number of methoxy groups -OCH3 is 2. The molecule has 0 aliphatic heterocycles. The van der Waals surface area contributed by atoms with E-state index < -0.39 is 45.0 Å². The Balaban J connectivity index is 1.65. The number of hydrogen-bond acceptors (Lipinski definition) is 9. The highest BCUT2D eigenvalue weighted by Gasteiger charge is 2.31. The summed E-state index contributed by atoms with van der Waals surface area (Å²) in [7, 11) is 0.484. The van der Waals surface area contributed by atoms with Crippen molar-refractivity contribution >= 4 is 55.3 Å². The molecule has 294 valence electrons. The molecular formula is C39H39ClF2N6O7S. The van der Waals surface area contributed by atoms with Gasteiger partial charge in [0.2, 0.25) is 10.0 Å². The number of benzene rings is 4. The maximum absolute atomic E-state index is 14.9. The van der Waals surface area contributed by atoms with Gasteiger partial charge >= 0.3 is 6.09 Å². The van der Waals surface area contributed by atoms with E-state index in [2.05, 4.69) is 10.4 Å². The van der Waals surface area contributed by atoms with Crippen LogP contribution in [0.5, 0.6) is 11.5 Å². The van der Waals surface area contributed by atoms with Crippen LogP contribution in [0.25, 0.3) is 27.5 Å². The van der Waals surface area contributed by atoms with Crippen molar-refractivity contribution in [2.45, 2.75) is 45.4 Å². The molecule has 0 unspecified atom stereocenters. The van der Waals surface area contributed by atoms with Crippen LogP contribution in [0.15, 0.2) is 77.6 Å². The molecule has 0 aliphatic rings. The van der Waals surface area contributed by atoms with Crippen molar-refractivity contribution in [2.75, 3.05) is 24.8 Å². The summed E-state index contributed by atoms with van der Waals surface area (Å²) in [6.07, 6.45) is -0.0937. The summed E-state index contributed by atoms with van der Waals surface area (Å²) in [6, 6.07) is 16.4. The molecule has 0 bridgehead atoms. The molecule has 4 aromatic carbocycles. The number of amides is 1. The van der Waals surface area contributed by atoms with Crippen LogP contribution in [0.3, 0.4) is 0 Å². The number of fused-ring (bicyclic) bond motifs is 2. The number of carbonyl (C=O) groups is 1. The Morgan fingerprint density at radius 2 is 1.64 bits per heavy atom. The maximum atomic E-state index is 14.9. The van der Waals surface area contributed by atoms with Gasteiger partial charge in [-0.1, -0.05) is 29.8 Å².